The normalized spacial score (nSPS) is 14.3. The highest BCUT2D eigenvalue weighted by Gasteiger charge is 2.27. The summed E-state index contributed by atoms with van der Waals surface area (Å²) >= 11 is 0. The Balaban J connectivity index is 4.59. The molecule has 1 amide bonds. The molecule has 0 saturated carbocycles. The van der Waals surface area contributed by atoms with Crippen molar-refractivity contribution in [2.45, 2.75) is 65.8 Å². The smallest absolute Gasteiger partial charge is 0.326 e. The number of carboxylic acids is 1. The molecule has 0 saturated heterocycles. The molecule has 0 bridgehead atoms. The van der Waals surface area contributed by atoms with Crippen LogP contribution in [0.3, 0.4) is 0 Å². The SMILES string of the molecule is CCCC(CCC)C(=O)N[C@H](C(=O)O)C(C)CC. The van der Waals surface area contributed by atoms with Crippen LogP contribution in [0, 0.1) is 11.8 Å². The lowest BCUT2D eigenvalue weighted by molar-refractivity contribution is -0.144. The van der Waals surface area contributed by atoms with Crippen LogP contribution in [0.15, 0.2) is 0 Å². The van der Waals surface area contributed by atoms with Crippen molar-refractivity contribution in [1.29, 1.82) is 0 Å². The lowest BCUT2D eigenvalue weighted by atomic mass is 9.94. The Morgan fingerprint density at radius 1 is 1.11 bits per heavy atom. The predicted molar refractivity (Wildman–Crippen MR) is 72.3 cm³/mol. The zero-order valence-corrected chi connectivity index (χ0v) is 12.0. The Morgan fingerprint density at radius 2 is 1.61 bits per heavy atom. The first-order valence-electron chi connectivity index (χ1n) is 7.00. The molecule has 0 rings (SSSR count). The van der Waals surface area contributed by atoms with Crippen molar-refractivity contribution in [3.8, 4) is 0 Å². The van der Waals surface area contributed by atoms with Crippen LogP contribution in [0.4, 0.5) is 0 Å². The summed E-state index contributed by atoms with van der Waals surface area (Å²) in [6, 6.07) is -0.765. The minimum absolute atomic E-state index is 0.0460. The monoisotopic (exact) mass is 257 g/mol. The summed E-state index contributed by atoms with van der Waals surface area (Å²) in [6.07, 6.45) is 4.28. The van der Waals surface area contributed by atoms with Crippen molar-refractivity contribution in [2.24, 2.45) is 11.8 Å². The molecule has 1 unspecified atom stereocenters. The molecule has 0 aliphatic heterocycles. The Kier molecular flexibility index (Phi) is 8.42. The van der Waals surface area contributed by atoms with Gasteiger partial charge in [-0.1, -0.05) is 47.0 Å². The summed E-state index contributed by atoms with van der Waals surface area (Å²) in [4.78, 5) is 23.2. The largest absolute Gasteiger partial charge is 0.480 e. The van der Waals surface area contributed by atoms with E-state index in [9.17, 15) is 9.59 Å². The highest BCUT2D eigenvalue weighted by atomic mass is 16.4. The van der Waals surface area contributed by atoms with Gasteiger partial charge in [0.2, 0.25) is 5.91 Å². The van der Waals surface area contributed by atoms with E-state index in [1.807, 2.05) is 27.7 Å². The van der Waals surface area contributed by atoms with Gasteiger partial charge in [0.1, 0.15) is 6.04 Å². The molecular formula is C14H27NO3. The summed E-state index contributed by atoms with van der Waals surface area (Å²) in [5, 5.41) is 11.8. The van der Waals surface area contributed by atoms with Gasteiger partial charge in [-0.2, -0.15) is 0 Å². The second-order valence-electron chi connectivity index (χ2n) is 4.98. The van der Waals surface area contributed by atoms with Gasteiger partial charge in [0.25, 0.3) is 0 Å². The molecule has 0 aliphatic carbocycles. The molecule has 0 aromatic rings. The van der Waals surface area contributed by atoms with E-state index < -0.39 is 12.0 Å². The Labute approximate surface area is 110 Å². The number of carboxylic acid groups (broad SMARTS) is 1. The van der Waals surface area contributed by atoms with E-state index in [1.165, 1.54) is 0 Å². The second-order valence-corrected chi connectivity index (χ2v) is 4.98. The number of rotatable bonds is 9. The lowest BCUT2D eigenvalue weighted by Gasteiger charge is -2.23. The number of carbonyl (C=O) groups is 2. The number of aliphatic carboxylic acids is 1. The third kappa shape index (κ3) is 5.52. The Morgan fingerprint density at radius 3 is 1.94 bits per heavy atom. The quantitative estimate of drug-likeness (QED) is 0.667. The van der Waals surface area contributed by atoms with Gasteiger partial charge in [0.15, 0.2) is 0 Å². The zero-order chi connectivity index (χ0) is 14.1. The van der Waals surface area contributed by atoms with Crippen molar-refractivity contribution < 1.29 is 14.7 Å². The van der Waals surface area contributed by atoms with E-state index in [0.29, 0.717) is 0 Å². The fourth-order valence-electron chi connectivity index (χ4n) is 2.06. The molecule has 2 N–H and O–H groups in total. The molecule has 4 heteroatoms. The topological polar surface area (TPSA) is 66.4 Å². The molecule has 18 heavy (non-hydrogen) atoms. The van der Waals surface area contributed by atoms with Crippen LogP contribution < -0.4 is 5.32 Å². The van der Waals surface area contributed by atoms with Crippen molar-refractivity contribution in [3.05, 3.63) is 0 Å². The van der Waals surface area contributed by atoms with Crippen LogP contribution in [0.1, 0.15) is 59.8 Å². The molecule has 106 valence electrons. The Hall–Kier alpha value is -1.06. The lowest BCUT2D eigenvalue weighted by Crippen LogP contribution is -2.47. The molecule has 2 atom stereocenters. The highest BCUT2D eigenvalue weighted by Crippen LogP contribution is 2.15. The van der Waals surface area contributed by atoms with Crippen LogP contribution in [0.2, 0.25) is 0 Å². The Bertz CT molecular complexity index is 260. The van der Waals surface area contributed by atoms with Gasteiger partial charge in [0.05, 0.1) is 0 Å². The van der Waals surface area contributed by atoms with Gasteiger partial charge in [-0.15, -0.1) is 0 Å². The first kappa shape index (κ1) is 16.9. The fraction of sp³-hybridized carbons (Fsp3) is 0.857. The van der Waals surface area contributed by atoms with Gasteiger partial charge in [-0.25, -0.2) is 4.79 Å². The van der Waals surface area contributed by atoms with Crippen LogP contribution in [0.5, 0.6) is 0 Å². The predicted octanol–water partition coefficient (Wildman–Crippen LogP) is 2.82. The average molecular weight is 257 g/mol. The van der Waals surface area contributed by atoms with E-state index in [4.69, 9.17) is 5.11 Å². The van der Waals surface area contributed by atoms with Crippen molar-refractivity contribution in [3.63, 3.8) is 0 Å². The number of carbonyl (C=O) groups excluding carboxylic acids is 1. The molecule has 0 radical (unpaired) electrons. The second kappa shape index (κ2) is 8.95. The van der Waals surface area contributed by atoms with Gasteiger partial charge < -0.3 is 10.4 Å². The fourth-order valence-corrected chi connectivity index (χ4v) is 2.06. The van der Waals surface area contributed by atoms with Gasteiger partial charge in [-0.3, -0.25) is 4.79 Å². The van der Waals surface area contributed by atoms with E-state index in [1.54, 1.807) is 0 Å². The van der Waals surface area contributed by atoms with Crippen LogP contribution in [-0.4, -0.2) is 23.0 Å². The molecule has 0 aromatic carbocycles. The summed E-state index contributed by atoms with van der Waals surface area (Å²) in [5.74, 6) is -1.14. The summed E-state index contributed by atoms with van der Waals surface area (Å²) in [6.45, 7) is 7.87. The number of amides is 1. The van der Waals surface area contributed by atoms with E-state index in [-0.39, 0.29) is 17.7 Å². The molecular weight excluding hydrogens is 230 g/mol. The minimum atomic E-state index is -0.940. The molecule has 4 nitrogen and oxygen atoms in total. The summed E-state index contributed by atoms with van der Waals surface area (Å²) < 4.78 is 0. The standard InChI is InChI=1S/C14H27NO3/c1-5-8-11(9-6-2)13(16)15-12(14(17)18)10(4)7-3/h10-12H,5-9H2,1-4H3,(H,15,16)(H,17,18)/t10?,12-/m0/s1. The van der Waals surface area contributed by atoms with Crippen molar-refractivity contribution in [2.75, 3.05) is 0 Å². The van der Waals surface area contributed by atoms with Crippen molar-refractivity contribution >= 4 is 11.9 Å². The highest BCUT2D eigenvalue weighted by molar-refractivity contribution is 5.85. The minimum Gasteiger partial charge on any atom is -0.480 e. The van der Waals surface area contributed by atoms with Gasteiger partial charge in [-0.05, 0) is 18.8 Å². The molecule has 0 heterocycles. The van der Waals surface area contributed by atoms with Crippen LogP contribution >= 0.6 is 0 Å². The molecule has 0 aliphatic rings. The van der Waals surface area contributed by atoms with Crippen LogP contribution in [0.25, 0.3) is 0 Å². The molecule has 0 fully saturated rings. The third-order valence-corrected chi connectivity index (χ3v) is 3.42. The number of hydrogen-bond donors (Lipinski definition) is 2. The van der Waals surface area contributed by atoms with Crippen molar-refractivity contribution in [1.82, 2.24) is 5.32 Å². The first-order chi connectivity index (χ1) is 8.47. The number of nitrogens with one attached hydrogen (secondary N) is 1. The molecule has 0 spiro atoms. The van der Waals surface area contributed by atoms with Gasteiger partial charge in [0, 0.05) is 5.92 Å². The maximum absolute atomic E-state index is 12.1. The average Bonchev–Trinajstić information content (AvgIpc) is 2.34. The number of hydrogen-bond acceptors (Lipinski definition) is 2. The first-order valence-corrected chi connectivity index (χ1v) is 7.00. The van der Waals surface area contributed by atoms with Crippen LogP contribution in [-0.2, 0) is 9.59 Å². The van der Waals surface area contributed by atoms with E-state index in [0.717, 1.165) is 32.1 Å². The third-order valence-electron chi connectivity index (χ3n) is 3.42. The zero-order valence-electron chi connectivity index (χ0n) is 12.0. The molecule has 0 aromatic heterocycles. The summed E-state index contributed by atoms with van der Waals surface area (Å²) in [7, 11) is 0. The van der Waals surface area contributed by atoms with Gasteiger partial charge >= 0.3 is 5.97 Å². The summed E-state index contributed by atoms with van der Waals surface area (Å²) in [5.41, 5.74) is 0. The maximum atomic E-state index is 12.1. The van der Waals surface area contributed by atoms with E-state index in [2.05, 4.69) is 5.32 Å². The van der Waals surface area contributed by atoms with E-state index >= 15 is 0 Å². The maximum Gasteiger partial charge on any atom is 0.326 e.